The van der Waals surface area contributed by atoms with Crippen LogP contribution in [0.4, 0.5) is 0 Å². The summed E-state index contributed by atoms with van der Waals surface area (Å²) in [5.41, 5.74) is 0. The Morgan fingerprint density at radius 1 is 0.611 bits per heavy atom. The van der Waals surface area contributed by atoms with Gasteiger partial charge in [0.15, 0.2) is 23.8 Å². The number of nitrogens with zero attached hydrogens (tertiary/aromatic N) is 2. The summed E-state index contributed by atoms with van der Waals surface area (Å²) in [6.45, 7) is 12.5. The zero-order valence-corrected chi connectivity index (χ0v) is 22.6. The Balaban J connectivity index is 2.41. The molecule has 0 aliphatic carbocycles. The molecule has 4 unspecified atom stereocenters. The van der Waals surface area contributed by atoms with Crippen LogP contribution in [0.3, 0.4) is 0 Å². The zero-order chi connectivity index (χ0) is 27.6. The van der Waals surface area contributed by atoms with Gasteiger partial charge in [-0.25, -0.2) is 0 Å². The number of aliphatic hydroxyl groups excluding tert-OH is 4. The molecule has 2 amide bonds. The van der Waals surface area contributed by atoms with Crippen LogP contribution >= 0.6 is 0 Å². The Bertz CT molecular complexity index is 673. The van der Waals surface area contributed by atoms with E-state index in [2.05, 4.69) is 0 Å². The number of aliphatic hydroxyl groups is 4. The van der Waals surface area contributed by atoms with Crippen LogP contribution in [0.1, 0.15) is 55.4 Å². The van der Waals surface area contributed by atoms with Crippen LogP contribution in [0.5, 0.6) is 0 Å². The molecular weight excluding hydrogens is 476 g/mol. The number of hydrogen-bond donors (Lipinski definition) is 4. The Morgan fingerprint density at radius 3 is 1.08 bits per heavy atom. The maximum absolute atomic E-state index is 13.6. The van der Waals surface area contributed by atoms with Crippen molar-refractivity contribution in [2.75, 3.05) is 26.2 Å². The molecule has 2 heterocycles. The van der Waals surface area contributed by atoms with E-state index in [0.29, 0.717) is 0 Å². The maximum atomic E-state index is 13.6. The minimum Gasteiger partial charge on any atom is -0.392 e. The van der Waals surface area contributed by atoms with E-state index in [4.69, 9.17) is 18.9 Å². The molecule has 0 spiro atoms. The number of amides is 2. The molecule has 2 aliphatic rings. The molecular formula is C24H44N2O10. The first-order valence-corrected chi connectivity index (χ1v) is 12.4. The minimum atomic E-state index is -1.21. The van der Waals surface area contributed by atoms with Gasteiger partial charge in [0, 0.05) is 26.2 Å². The fourth-order valence-electron chi connectivity index (χ4n) is 4.59. The molecule has 12 heteroatoms. The van der Waals surface area contributed by atoms with Gasteiger partial charge >= 0.3 is 0 Å². The van der Waals surface area contributed by atoms with Crippen LogP contribution < -0.4 is 0 Å². The number of rotatable bonds is 11. The van der Waals surface area contributed by atoms with Crippen molar-refractivity contribution >= 4 is 11.8 Å². The number of carbonyl (C=O) groups excluding carboxylic acids is 2. The van der Waals surface area contributed by atoms with Gasteiger partial charge in [0.2, 0.25) is 0 Å². The standard InChI is InChI=1S/C24H44N2O10/c1-13(27)9-25(10-14(2)28)21(31)19-17(33-23(5,6)35-19)18-20(36-24(7,8)34-18)22(32)26(11-15(3)29)12-16(4)30/h13-20,27-30H,9-12H2,1-8H3/t13?,14?,15?,16?,17-,18+,19+,20-. The van der Waals surface area contributed by atoms with Gasteiger partial charge in [0.05, 0.1) is 24.4 Å². The van der Waals surface area contributed by atoms with E-state index in [1.165, 1.54) is 37.5 Å². The molecule has 2 rings (SSSR count). The fourth-order valence-corrected chi connectivity index (χ4v) is 4.59. The highest BCUT2D eigenvalue weighted by molar-refractivity contribution is 5.84. The largest absolute Gasteiger partial charge is 0.392 e. The normalized spacial score (nSPS) is 30.4. The topological polar surface area (TPSA) is 158 Å². The molecule has 0 saturated carbocycles. The molecule has 36 heavy (non-hydrogen) atoms. The summed E-state index contributed by atoms with van der Waals surface area (Å²) >= 11 is 0. The van der Waals surface area contributed by atoms with Crippen molar-refractivity contribution in [2.24, 2.45) is 0 Å². The van der Waals surface area contributed by atoms with Crippen molar-refractivity contribution in [1.29, 1.82) is 0 Å². The van der Waals surface area contributed by atoms with E-state index in [0.717, 1.165) is 0 Å². The smallest absolute Gasteiger partial charge is 0.254 e. The lowest BCUT2D eigenvalue weighted by Crippen LogP contribution is -2.55. The van der Waals surface area contributed by atoms with Crippen molar-refractivity contribution in [3.8, 4) is 0 Å². The summed E-state index contributed by atoms with van der Waals surface area (Å²) in [5, 5.41) is 39.7. The highest BCUT2D eigenvalue weighted by Gasteiger charge is 2.58. The molecule has 12 nitrogen and oxygen atoms in total. The second-order valence-electron chi connectivity index (χ2n) is 10.9. The maximum Gasteiger partial charge on any atom is 0.254 e. The first-order valence-electron chi connectivity index (χ1n) is 12.4. The molecule has 4 N–H and O–H groups in total. The van der Waals surface area contributed by atoms with Crippen LogP contribution in [0, 0.1) is 0 Å². The molecule has 2 aliphatic heterocycles. The lowest BCUT2D eigenvalue weighted by atomic mass is 10.0. The van der Waals surface area contributed by atoms with Crippen LogP contribution in [0.25, 0.3) is 0 Å². The molecule has 2 fully saturated rings. The first kappa shape index (κ1) is 30.8. The summed E-state index contributed by atoms with van der Waals surface area (Å²) in [6, 6.07) is 0. The Labute approximate surface area is 213 Å². The minimum absolute atomic E-state index is 0.0385. The molecule has 0 radical (unpaired) electrons. The van der Waals surface area contributed by atoms with Gasteiger partial charge in [0.25, 0.3) is 11.8 Å². The Kier molecular flexibility index (Phi) is 10.3. The molecule has 0 bridgehead atoms. The van der Waals surface area contributed by atoms with Crippen molar-refractivity contribution in [2.45, 2.75) is 116 Å². The van der Waals surface area contributed by atoms with Gasteiger partial charge in [-0.15, -0.1) is 0 Å². The van der Waals surface area contributed by atoms with Crippen molar-refractivity contribution in [3.05, 3.63) is 0 Å². The van der Waals surface area contributed by atoms with Crippen LogP contribution in [-0.4, -0.2) is 129 Å². The zero-order valence-electron chi connectivity index (χ0n) is 22.6. The average molecular weight is 521 g/mol. The van der Waals surface area contributed by atoms with Crippen molar-refractivity contribution in [1.82, 2.24) is 9.80 Å². The lowest BCUT2D eigenvalue weighted by Gasteiger charge is -2.32. The predicted molar refractivity (Wildman–Crippen MR) is 128 cm³/mol. The summed E-state index contributed by atoms with van der Waals surface area (Å²) in [4.78, 5) is 29.7. The SMILES string of the molecule is CC(O)CN(CC(C)O)C(=O)[C@H]1OC(C)(C)O[C@@H]1[C@@H]1OC(C)(C)O[C@H]1C(=O)N(CC(C)O)CC(C)O. The van der Waals surface area contributed by atoms with E-state index in [1.54, 1.807) is 27.7 Å². The van der Waals surface area contributed by atoms with E-state index in [-0.39, 0.29) is 26.2 Å². The van der Waals surface area contributed by atoms with E-state index in [9.17, 15) is 30.0 Å². The van der Waals surface area contributed by atoms with E-state index >= 15 is 0 Å². The van der Waals surface area contributed by atoms with Crippen molar-refractivity contribution < 1.29 is 49.0 Å². The second kappa shape index (κ2) is 12.0. The average Bonchev–Trinajstić information content (AvgIpc) is 3.19. The van der Waals surface area contributed by atoms with Gasteiger partial charge in [-0.3, -0.25) is 9.59 Å². The van der Waals surface area contributed by atoms with Gasteiger partial charge in [-0.05, 0) is 55.4 Å². The lowest BCUT2D eigenvalue weighted by molar-refractivity contribution is -0.176. The van der Waals surface area contributed by atoms with Gasteiger partial charge in [0.1, 0.15) is 12.2 Å². The highest BCUT2D eigenvalue weighted by atomic mass is 16.8. The number of hydrogen-bond acceptors (Lipinski definition) is 10. The molecule has 210 valence electrons. The third-order valence-corrected chi connectivity index (χ3v) is 5.63. The second-order valence-corrected chi connectivity index (χ2v) is 10.9. The summed E-state index contributed by atoms with van der Waals surface area (Å²) in [5.74, 6) is -3.46. The quantitative estimate of drug-likeness (QED) is 0.272. The first-order chi connectivity index (χ1) is 16.4. The molecule has 0 aromatic heterocycles. The van der Waals surface area contributed by atoms with Crippen molar-refractivity contribution in [3.63, 3.8) is 0 Å². The molecule has 0 aromatic rings. The van der Waals surface area contributed by atoms with E-state index in [1.807, 2.05) is 0 Å². The Morgan fingerprint density at radius 2 is 0.861 bits per heavy atom. The molecule has 0 aromatic carbocycles. The van der Waals surface area contributed by atoms with E-state index < -0.39 is 72.2 Å². The van der Waals surface area contributed by atoms with Crippen LogP contribution in [0.15, 0.2) is 0 Å². The monoisotopic (exact) mass is 520 g/mol. The Hall–Kier alpha value is -1.38. The summed E-state index contributed by atoms with van der Waals surface area (Å²) < 4.78 is 24.0. The van der Waals surface area contributed by atoms with Gasteiger partial charge in [-0.1, -0.05) is 0 Å². The number of carbonyl (C=O) groups is 2. The summed E-state index contributed by atoms with van der Waals surface area (Å²) in [7, 11) is 0. The van der Waals surface area contributed by atoms with Crippen LogP contribution in [0.2, 0.25) is 0 Å². The highest BCUT2D eigenvalue weighted by Crippen LogP contribution is 2.39. The molecule has 8 atom stereocenters. The third kappa shape index (κ3) is 8.32. The number of ether oxygens (including phenoxy) is 4. The van der Waals surface area contributed by atoms with Gasteiger partial charge < -0.3 is 49.2 Å². The predicted octanol–water partition coefficient (Wildman–Crippen LogP) is -0.793. The van der Waals surface area contributed by atoms with Crippen LogP contribution in [-0.2, 0) is 28.5 Å². The molecule has 2 saturated heterocycles. The third-order valence-electron chi connectivity index (χ3n) is 5.63. The summed E-state index contributed by atoms with van der Waals surface area (Å²) in [6.07, 6.45) is -7.95. The van der Waals surface area contributed by atoms with Gasteiger partial charge in [-0.2, -0.15) is 0 Å². The fraction of sp³-hybridized carbons (Fsp3) is 0.917.